The summed E-state index contributed by atoms with van der Waals surface area (Å²) in [5.74, 6) is 2.21. The van der Waals surface area contributed by atoms with Crippen molar-refractivity contribution in [2.75, 3.05) is 13.7 Å². The van der Waals surface area contributed by atoms with Crippen molar-refractivity contribution in [3.63, 3.8) is 0 Å². The van der Waals surface area contributed by atoms with Crippen LogP contribution in [0.4, 0.5) is 0 Å². The molecule has 0 aliphatic heterocycles. The molecule has 4 nitrogen and oxygen atoms in total. The summed E-state index contributed by atoms with van der Waals surface area (Å²) in [6.45, 7) is 1.79. The molecule has 108 valence electrons. The van der Waals surface area contributed by atoms with Crippen molar-refractivity contribution in [3.8, 4) is 18.1 Å². The van der Waals surface area contributed by atoms with Crippen molar-refractivity contribution in [1.82, 2.24) is 5.32 Å². The van der Waals surface area contributed by atoms with Crippen LogP contribution in [-0.4, -0.2) is 24.7 Å². The first-order valence-electron chi connectivity index (χ1n) is 6.51. The Morgan fingerprint density at radius 1 is 1.33 bits per heavy atom. The summed E-state index contributed by atoms with van der Waals surface area (Å²) in [4.78, 5) is 11.6. The van der Waals surface area contributed by atoms with Crippen LogP contribution in [0, 0.1) is 12.3 Å². The summed E-state index contributed by atoms with van der Waals surface area (Å²) in [7, 11) is 1.61. The van der Waals surface area contributed by atoms with E-state index in [0.29, 0.717) is 5.56 Å². The predicted molar refractivity (Wildman–Crippen MR) is 82.3 cm³/mol. The number of aliphatic carboxylic acids is 1. The van der Waals surface area contributed by atoms with Crippen LogP contribution in [0.5, 0.6) is 5.75 Å². The number of ether oxygens (including phenoxy) is 1. The molecule has 0 aliphatic rings. The molecule has 0 aliphatic carbocycles. The van der Waals surface area contributed by atoms with Gasteiger partial charge in [-0.2, -0.15) is 0 Å². The van der Waals surface area contributed by atoms with Crippen molar-refractivity contribution in [2.45, 2.75) is 12.5 Å². The number of carboxylic acid groups (broad SMARTS) is 1. The smallest absolute Gasteiger partial charge is 0.328 e. The van der Waals surface area contributed by atoms with Crippen LogP contribution in [0.2, 0.25) is 0 Å². The molecule has 0 radical (unpaired) electrons. The predicted octanol–water partition coefficient (Wildman–Crippen LogP) is 2.37. The van der Waals surface area contributed by atoms with Crippen molar-refractivity contribution < 1.29 is 14.6 Å². The lowest BCUT2D eigenvalue weighted by Gasteiger charge is -2.26. The summed E-state index contributed by atoms with van der Waals surface area (Å²) in [6, 6.07) is 11.2. The number of nitrogens with one attached hydrogen (secondary N) is 1. The molecule has 0 saturated heterocycles. The molecule has 0 fully saturated rings. The Morgan fingerprint density at radius 2 is 2.00 bits per heavy atom. The molecular weight excluding hydrogens is 266 g/mol. The molecule has 1 atom stereocenters. The number of rotatable bonds is 5. The SMILES string of the molecule is C#CCNC(C)(C(=O)O)c1ccc2cc(OC)ccc2c1. The molecule has 2 aromatic rings. The van der Waals surface area contributed by atoms with E-state index in [-0.39, 0.29) is 6.54 Å². The second kappa shape index (κ2) is 5.86. The van der Waals surface area contributed by atoms with E-state index in [9.17, 15) is 9.90 Å². The molecule has 2 aromatic carbocycles. The van der Waals surface area contributed by atoms with Crippen LogP contribution >= 0.6 is 0 Å². The maximum absolute atomic E-state index is 11.6. The molecule has 4 heteroatoms. The van der Waals surface area contributed by atoms with Gasteiger partial charge in [-0.3, -0.25) is 5.32 Å². The van der Waals surface area contributed by atoms with Crippen molar-refractivity contribution in [3.05, 3.63) is 42.0 Å². The summed E-state index contributed by atoms with van der Waals surface area (Å²) in [5.41, 5.74) is -0.566. The van der Waals surface area contributed by atoms with E-state index in [0.717, 1.165) is 16.5 Å². The first-order valence-corrected chi connectivity index (χ1v) is 6.51. The van der Waals surface area contributed by atoms with E-state index in [2.05, 4.69) is 11.2 Å². The van der Waals surface area contributed by atoms with Crippen LogP contribution in [0.3, 0.4) is 0 Å². The highest BCUT2D eigenvalue weighted by Gasteiger charge is 2.34. The van der Waals surface area contributed by atoms with Crippen LogP contribution in [0.1, 0.15) is 12.5 Å². The summed E-state index contributed by atoms with van der Waals surface area (Å²) in [6.07, 6.45) is 5.22. The van der Waals surface area contributed by atoms with Gasteiger partial charge in [0.2, 0.25) is 0 Å². The lowest BCUT2D eigenvalue weighted by atomic mass is 9.90. The van der Waals surface area contributed by atoms with Gasteiger partial charge in [-0.25, -0.2) is 4.79 Å². The van der Waals surface area contributed by atoms with Crippen molar-refractivity contribution in [1.29, 1.82) is 0 Å². The molecule has 0 saturated carbocycles. The number of hydrogen-bond acceptors (Lipinski definition) is 3. The molecular formula is C17H17NO3. The minimum absolute atomic E-state index is 0.184. The standard InChI is InChI=1S/C17H17NO3/c1-4-9-18-17(2,16(19)20)14-7-5-13-11-15(21-3)8-6-12(13)10-14/h1,5-8,10-11,18H,9H2,2-3H3,(H,19,20). The third kappa shape index (κ3) is 2.83. The van der Waals surface area contributed by atoms with Crippen LogP contribution in [-0.2, 0) is 10.3 Å². The zero-order chi connectivity index (χ0) is 15.5. The highest BCUT2D eigenvalue weighted by Crippen LogP contribution is 2.27. The molecule has 1 unspecified atom stereocenters. The van der Waals surface area contributed by atoms with Gasteiger partial charge in [-0.15, -0.1) is 6.42 Å². The van der Waals surface area contributed by atoms with Crippen LogP contribution in [0.25, 0.3) is 10.8 Å². The molecule has 0 bridgehead atoms. The Balaban J connectivity index is 2.49. The van der Waals surface area contributed by atoms with E-state index >= 15 is 0 Å². The Bertz CT molecular complexity index is 718. The topological polar surface area (TPSA) is 58.6 Å². The number of hydrogen-bond donors (Lipinski definition) is 2. The van der Waals surface area contributed by atoms with Crippen molar-refractivity contribution >= 4 is 16.7 Å². The van der Waals surface area contributed by atoms with Gasteiger partial charge in [-0.05, 0) is 41.5 Å². The van der Waals surface area contributed by atoms with Crippen LogP contribution in [0.15, 0.2) is 36.4 Å². The Hall–Kier alpha value is -2.51. The molecule has 2 rings (SSSR count). The fraction of sp³-hybridized carbons (Fsp3) is 0.235. The summed E-state index contributed by atoms with van der Waals surface area (Å²) in [5, 5.41) is 14.3. The number of benzene rings is 2. The van der Waals surface area contributed by atoms with Gasteiger partial charge in [0.1, 0.15) is 11.3 Å². The lowest BCUT2D eigenvalue weighted by Crippen LogP contribution is -2.46. The van der Waals surface area contributed by atoms with Gasteiger partial charge in [0.15, 0.2) is 0 Å². The number of carboxylic acids is 1. The number of methoxy groups -OCH3 is 1. The number of terminal acetylenes is 1. The summed E-state index contributed by atoms with van der Waals surface area (Å²) < 4.78 is 5.18. The molecule has 0 heterocycles. The highest BCUT2D eigenvalue weighted by atomic mass is 16.5. The van der Waals surface area contributed by atoms with Gasteiger partial charge in [0.05, 0.1) is 13.7 Å². The van der Waals surface area contributed by atoms with Crippen molar-refractivity contribution in [2.24, 2.45) is 0 Å². The van der Waals surface area contributed by atoms with Gasteiger partial charge in [0, 0.05) is 0 Å². The minimum Gasteiger partial charge on any atom is -0.497 e. The monoisotopic (exact) mass is 283 g/mol. The summed E-state index contributed by atoms with van der Waals surface area (Å²) >= 11 is 0. The normalized spacial score (nSPS) is 13.4. The van der Waals surface area contributed by atoms with Crippen LogP contribution < -0.4 is 10.1 Å². The van der Waals surface area contributed by atoms with Gasteiger partial charge >= 0.3 is 5.97 Å². The molecule has 0 spiro atoms. The third-order valence-corrected chi connectivity index (χ3v) is 3.60. The van der Waals surface area contributed by atoms with Gasteiger partial charge < -0.3 is 9.84 Å². The second-order valence-electron chi connectivity index (χ2n) is 4.92. The lowest BCUT2D eigenvalue weighted by molar-refractivity contribution is -0.144. The molecule has 2 N–H and O–H groups in total. The second-order valence-corrected chi connectivity index (χ2v) is 4.92. The van der Waals surface area contributed by atoms with E-state index in [1.54, 1.807) is 20.1 Å². The number of fused-ring (bicyclic) bond motifs is 1. The highest BCUT2D eigenvalue weighted by molar-refractivity contribution is 5.87. The Morgan fingerprint density at radius 3 is 2.62 bits per heavy atom. The average Bonchev–Trinajstić information content (AvgIpc) is 2.51. The Kier molecular flexibility index (Phi) is 4.15. The number of carbonyl (C=O) groups is 1. The fourth-order valence-corrected chi connectivity index (χ4v) is 2.19. The minimum atomic E-state index is -1.22. The quantitative estimate of drug-likeness (QED) is 0.827. The molecule has 0 amide bonds. The average molecular weight is 283 g/mol. The first kappa shape index (κ1) is 14.9. The fourth-order valence-electron chi connectivity index (χ4n) is 2.19. The zero-order valence-corrected chi connectivity index (χ0v) is 12.0. The maximum Gasteiger partial charge on any atom is 0.328 e. The maximum atomic E-state index is 11.6. The van der Waals surface area contributed by atoms with E-state index < -0.39 is 11.5 Å². The van der Waals surface area contributed by atoms with Gasteiger partial charge in [-0.1, -0.05) is 24.1 Å². The first-order chi connectivity index (χ1) is 10.0. The largest absolute Gasteiger partial charge is 0.497 e. The molecule has 0 aromatic heterocycles. The third-order valence-electron chi connectivity index (χ3n) is 3.60. The zero-order valence-electron chi connectivity index (χ0n) is 12.0. The molecule has 21 heavy (non-hydrogen) atoms. The Labute approximate surface area is 123 Å². The van der Waals surface area contributed by atoms with Gasteiger partial charge in [0.25, 0.3) is 0 Å². The van der Waals surface area contributed by atoms with E-state index in [1.165, 1.54) is 0 Å². The van der Waals surface area contributed by atoms with E-state index in [4.69, 9.17) is 11.2 Å². The van der Waals surface area contributed by atoms with E-state index in [1.807, 2.05) is 30.3 Å².